The van der Waals surface area contributed by atoms with Crippen molar-refractivity contribution in [2.45, 2.75) is 18.4 Å². The van der Waals surface area contributed by atoms with E-state index < -0.39 is 0 Å². The van der Waals surface area contributed by atoms with Gasteiger partial charge in [-0.25, -0.2) is 0 Å². The Bertz CT molecular complexity index is 972. The molecule has 18 atom stereocenters. The van der Waals surface area contributed by atoms with Crippen molar-refractivity contribution in [2.75, 3.05) is 6.61 Å². The van der Waals surface area contributed by atoms with Crippen molar-refractivity contribution in [3.05, 3.63) is 30.3 Å². The predicted octanol–water partition coefficient (Wildman–Crippen LogP) is 3.56. The largest absolute Gasteiger partial charge is 0.493 e. The zero-order chi connectivity index (χ0) is 18.2. The second kappa shape index (κ2) is 3.61. The quantitative estimate of drug-likeness (QED) is 0.864. The Morgan fingerprint density at radius 1 is 0.724 bits per heavy atom. The zero-order valence-corrected chi connectivity index (χ0v) is 16.6. The fourth-order valence-corrected chi connectivity index (χ4v) is 15.5. The van der Waals surface area contributed by atoms with Gasteiger partial charge in [-0.05, 0) is 120 Å². The summed E-state index contributed by atoms with van der Waals surface area (Å²) in [6.45, 7) is 0.818. The third kappa shape index (κ3) is 0.938. The van der Waals surface area contributed by atoms with Crippen molar-refractivity contribution in [1.29, 1.82) is 0 Å². The third-order valence-corrected chi connectivity index (χ3v) is 14.3. The standard InChI is InChI=1S/C27H28O2/c28-27-12-6-10-14-11-7-13(27)18-16(11)21-19(14)20-15(10)17(12)24-22(20)23(21)25(18)26(24,27)8-29-9-4-2-1-3-5-9/h1-5,10-25,28H,6-8H2/t10-,11+,12-,13-,14?,15+,16-,17-,18-,19?,20+,21-,22+,23+,24-,25+,26?,27?/m1/s1. The van der Waals surface area contributed by atoms with Gasteiger partial charge in [0.15, 0.2) is 0 Å². The monoisotopic (exact) mass is 384 g/mol. The number of ether oxygens (including phenoxy) is 1. The van der Waals surface area contributed by atoms with Gasteiger partial charge in [-0.1, -0.05) is 18.2 Å². The molecule has 10 aliphatic rings. The van der Waals surface area contributed by atoms with Crippen LogP contribution in [0, 0.1) is 100 Å². The SMILES string of the molecule is OC12[C@@H]3C[C@@H]4C5C6[C@@H]7[C@@H]4[C@@H]3[C@@H]3[C@@H]7[C@@H]4[C@@H]6[C@H]6[C@H]([C@@H]4C31COc1ccccc1)[C@H]2C[C@@H]56. The molecule has 10 saturated carbocycles. The molecule has 11 rings (SSSR count). The lowest BCUT2D eigenvalue weighted by molar-refractivity contribution is -0.144. The molecule has 0 amide bonds. The molecule has 1 aromatic carbocycles. The summed E-state index contributed by atoms with van der Waals surface area (Å²) in [5.74, 6) is 16.1. The van der Waals surface area contributed by atoms with Crippen molar-refractivity contribution in [3.8, 4) is 5.75 Å². The van der Waals surface area contributed by atoms with Gasteiger partial charge in [0.2, 0.25) is 0 Å². The molecule has 1 aromatic rings. The number of fused-ring (bicyclic) bond motifs is 4. The number of rotatable bonds is 3. The van der Waals surface area contributed by atoms with Gasteiger partial charge < -0.3 is 9.84 Å². The van der Waals surface area contributed by atoms with Gasteiger partial charge in [0.05, 0.1) is 12.2 Å². The highest BCUT2D eigenvalue weighted by molar-refractivity contribution is 5.46. The van der Waals surface area contributed by atoms with Gasteiger partial charge in [-0.2, -0.15) is 0 Å². The van der Waals surface area contributed by atoms with Crippen molar-refractivity contribution in [1.82, 2.24) is 0 Å². The fourth-order valence-electron chi connectivity index (χ4n) is 15.5. The summed E-state index contributed by atoms with van der Waals surface area (Å²) in [4.78, 5) is 0. The first-order valence-electron chi connectivity index (χ1n) is 12.7. The van der Waals surface area contributed by atoms with Crippen LogP contribution in [0.5, 0.6) is 5.75 Å². The first kappa shape index (κ1) is 14.1. The van der Waals surface area contributed by atoms with Crippen LogP contribution in [0.25, 0.3) is 0 Å². The predicted molar refractivity (Wildman–Crippen MR) is 104 cm³/mol. The number of hydrogen-bond donors (Lipinski definition) is 1. The normalized spacial score (nSPS) is 77.3. The van der Waals surface area contributed by atoms with Crippen LogP contribution in [0.2, 0.25) is 0 Å². The average molecular weight is 385 g/mol. The first-order valence-corrected chi connectivity index (χ1v) is 12.7. The molecule has 0 bridgehead atoms. The summed E-state index contributed by atoms with van der Waals surface area (Å²) in [6, 6.07) is 10.5. The van der Waals surface area contributed by atoms with E-state index in [1.165, 1.54) is 12.8 Å². The van der Waals surface area contributed by atoms with E-state index in [9.17, 15) is 5.11 Å². The van der Waals surface area contributed by atoms with Gasteiger partial charge in [0, 0.05) is 5.41 Å². The Morgan fingerprint density at radius 3 is 1.93 bits per heavy atom. The van der Waals surface area contributed by atoms with E-state index in [-0.39, 0.29) is 11.0 Å². The van der Waals surface area contributed by atoms with Crippen molar-refractivity contribution in [2.24, 2.45) is 100 Å². The highest BCUT2D eigenvalue weighted by Crippen LogP contribution is 2.99. The van der Waals surface area contributed by atoms with E-state index in [2.05, 4.69) is 30.3 Å². The molecule has 148 valence electrons. The van der Waals surface area contributed by atoms with Gasteiger partial charge in [0.1, 0.15) is 5.75 Å². The maximum absolute atomic E-state index is 12.9. The van der Waals surface area contributed by atoms with Crippen LogP contribution < -0.4 is 4.74 Å². The molecule has 0 heterocycles. The van der Waals surface area contributed by atoms with Crippen LogP contribution in [-0.4, -0.2) is 17.3 Å². The van der Waals surface area contributed by atoms with E-state index in [4.69, 9.17) is 4.74 Å². The first-order chi connectivity index (χ1) is 14.3. The van der Waals surface area contributed by atoms with Gasteiger partial charge in [-0.15, -0.1) is 0 Å². The van der Waals surface area contributed by atoms with Crippen molar-refractivity contribution >= 4 is 0 Å². The summed E-state index contributed by atoms with van der Waals surface area (Å²) >= 11 is 0. The smallest absolute Gasteiger partial charge is 0.119 e. The molecule has 2 nitrogen and oxygen atoms in total. The van der Waals surface area contributed by atoms with Crippen LogP contribution in [-0.2, 0) is 0 Å². The number of hydrogen-bond acceptors (Lipinski definition) is 2. The number of para-hydroxylation sites is 1. The van der Waals surface area contributed by atoms with Crippen molar-refractivity contribution < 1.29 is 9.84 Å². The van der Waals surface area contributed by atoms with Gasteiger partial charge in [0.25, 0.3) is 0 Å². The van der Waals surface area contributed by atoms with Crippen LogP contribution in [0.4, 0.5) is 0 Å². The van der Waals surface area contributed by atoms with E-state index >= 15 is 0 Å². The Kier molecular flexibility index (Phi) is 1.76. The Balaban J connectivity index is 1.21. The molecule has 1 N–H and O–H groups in total. The number of aliphatic hydroxyl groups is 1. The van der Waals surface area contributed by atoms with Gasteiger partial charge in [-0.3, -0.25) is 0 Å². The van der Waals surface area contributed by atoms with Crippen LogP contribution >= 0.6 is 0 Å². The number of benzene rings is 1. The highest BCUT2D eigenvalue weighted by Gasteiger charge is 2.99. The zero-order valence-electron chi connectivity index (χ0n) is 16.6. The molecule has 0 spiro atoms. The molecule has 10 aliphatic carbocycles. The summed E-state index contributed by atoms with van der Waals surface area (Å²) in [5, 5.41) is 12.9. The Labute approximate surface area is 171 Å². The lowest BCUT2D eigenvalue weighted by atomic mass is 9.61. The minimum atomic E-state index is -0.384. The van der Waals surface area contributed by atoms with E-state index in [1.54, 1.807) is 0 Å². The highest BCUT2D eigenvalue weighted by atomic mass is 16.5. The molecule has 0 aromatic heterocycles. The van der Waals surface area contributed by atoms with E-state index in [1.807, 2.05) is 0 Å². The second-order valence-corrected chi connectivity index (χ2v) is 13.3. The van der Waals surface area contributed by atoms with Crippen LogP contribution in [0.15, 0.2) is 30.3 Å². The van der Waals surface area contributed by atoms with Crippen molar-refractivity contribution in [3.63, 3.8) is 0 Å². The van der Waals surface area contributed by atoms with E-state index in [0.29, 0.717) is 11.8 Å². The third-order valence-electron chi connectivity index (χ3n) is 14.3. The summed E-state index contributed by atoms with van der Waals surface area (Å²) < 4.78 is 6.64. The summed E-state index contributed by atoms with van der Waals surface area (Å²) in [5.41, 5.74) is -0.279. The molecule has 0 aliphatic heterocycles. The molecule has 0 saturated heterocycles. The topological polar surface area (TPSA) is 29.5 Å². The van der Waals surface area contributed by atoms with Gasteiger partial charge >= 0.3 is 0 Å². The lowest BCUT2D eigenvalue weighted by Gasteiger charge is -2.48. The molecule has 2 heteroatoms. The fraction of sp³-hybridized carbons (Fsp3) is 0.778. The molecular weight excluding hydrogens is 356 g/mol. The lowest BCUT2D eigenvalue weighted by Crippen LogP contribution is -2.55. The Morgan fingerprint density at radius 2 is 1.31 bits per heavy atom. The minimum absolute atomic E-state index is 0.105. The minimum Gasteiger partial charge on any atom is -0.493 e. The Hall–Kier alpha value is -1.02. The van der Waals surface area contributed by atoms with E-state index in [0.717, 1.165) is 95.2 Å². The summed E-state index contributed by atoms with van der Waals surface area (Å²) in [7, 11) is 0. The maximum Gasteiger partial charge on any atom is 0.119 e. The maximum atomic E-state index is 12.9. The molecule has 29 heavy (non-hydrogen) atoms. The van der Waals surface area contributed by atoms with Crippen LogP contribution in [0.1, 0.15) is 12.8 Å². The van der Waals surface area contributed by atoms with Crippen LogP contribution in [0.3, 0.4) is 0 Å². The average Bonchev–Trinajstić information content (AvgIpc) is 3.50. The molecule has 4 unspecified atom stereocenters. The molecule has 0 radical (unpaired) electrons. The summed E-state index contributed by atoms with van der Waals surface area (Å²) in [6.07, 6.45) is 2.80. The second-order valence-electron chi connectivity index (χ2n) is 13.3. The molecule has 10 fully saturated rings. The molecular formula is C27H28O2.